The van der Waals surface area contributed by atoms with Crippen molar-refractivity contribution in [1.29, 1.82) is 0 Å². The van der Waals surface area contributed by atoms with Crippen molar-refractivity contribution in [1.82, 2.24) is 25.2 Å². The van der Waals surface area contributed by atoms with E-state index in [-0.39, 0.29) is 29.8 Å². The van der Waals surface area contributed by atoms with Gasteiger partial charge in [-0.15, -0.1) is 5.10 Å². The van der Waals surface area contributed by atoms with Crippen molar-refractivity contribution < 1.29 is 13.9 Å². The number of ether oxygens (including phenoxy) is 1. The molecule has 2 fully saturated rings. The molecule has 0 bridgehead atoms. The van der Waals surface area contributed by atoms with E-state index in [4.69, 9.17) is 4.74 Å². The Morgan fingerprint density at radius 3 is 2.61 bits per heavy atom. The highest BCUT2D eigenvalue weighted by Crippen LogP contribution is 2.28. The number of likely N-dealkylation sites (tertiary alicyclic amines) is 1. The summed E-state index contributed by atoms with van der Waals surface area (Å²) in [6.07, 6.45) is 6.29. The van der Waals surface area contributed by atoms with Gasteiger partial charge < -0.3 is 10.1 Å². The van der Waals surface area contributed by atoms with Crippen LogP contribution in [0.1, 0.15) is 61.6 Å². The van der Waals surface area contributed by atoms with Gasteiger partial charge in [0.15, 0.2) is 0 Å². The Morgan fingerprint density at radius 1 is 1.13 bits per heavy atom. The molecule has 1 saturated carbocycles. The van der Waals surface area contributed by atoms with E-state index in [1.807, 2.05) is 4.68 Å². The molecular weight excluding hydrogens is 397 g/mol. The molecule has 3 heterocycles. The first kappa shape index (κ1) is 20.6. The van der Waals surface area contributed by atoms with E-state index in [9.17, 15) is 9.18 Å². The van der Waals surface area contributed by atoms with Crippen LogP contribution in [0.3, 0.4) is 0 Å². The lowest BCUT2D eigenvalue weighted by Gasteiger charge is -2.32. The number of hydrogen-bond acceptors (Lipinski definition) is 5. The van der Waals surface area contributed by atoms with Crippen molar-refractivity contribution in [2.24, 2.45) is 5.92 Å². The van der Waals surface area contributed by atoms with Crippen molar-refractivity contribution >= 4 is 5.91 Å². The second-order valence-electron chi connectivity index (χ2n) is 9.06. The van der Waals surface area contributed by atoms with E-state index in [0.717, 1.165) is 62.3 Å². The van der Waals surface area contributed by atoms with Gasteiger partial charge in [-0.25, -0.2) is 9.07 Å². The minimum atomic E-state index is -0.245. The Hall–Kier alpha value is -2.32. The van der Waals surface area contributed by atoms with Crippen molar-refractivity contribution in [3.8, 4) is 0 Å². The highest BCUT2D eigenvalue weighted by atomic mass is 19.1. The largest absolute Gasteiger partial charge is 0.365 e. The van der Waals surface area contributed by atoms with Gasteiger partial charge in [0.05, 0.1) is 18.8 Å². The van der Waals surface area contributed by atoms with Gasteiger partial charge in [-0.1, -0.05) is 30.2 Å². The number of rotatable bonds is 5. The molecule has 1 saturated heterocycles. The predicted molar refractivity (Wildman–Crippen MR) is 112 cm³/mol. The van der Waals surface area contributed by atoms with Crippen LogP contribution in [-0.2, 0) is 29.2 Å². The summed E-state index contributed by atoms with van der Waals surface area (Å²) in [4.78, 5) is 14.8. The van der Waals surface area contributed by atoms with Gasteiger partial charge in [-0.3, -0.25) is 9.69 Å². The topological polar surface area (TPSA) is 72.3 Å². The maximum absolute atomic E-state index is 13.2. The van der Waals surface area contributed by atoms with Crippen molar-refractivity contribution in [2.75, 3.05) is 13.1 Å². The molecule has 1 unspecified atom stereocenters. The van der Waals surface area contributed by atoms with E-state index in [0.29, 0.717) is 13.2 Å². The zero-order valence-electron chi connectivity index (χ0n) is 17.8. The Morgan fingerprint density at radius 2 is 1.87 bits per heavy atom. The second-order valence-corrected chi connectivity index (χ2v) is 9.06. The molecule has 1 amide bonds. The monoisotopic (exact) mass is 427 g/mol. The number of piperidine rings is 1. The molecule has 1 aliphatic carbocycles. The third-order valence-electron chi connectivity index (χ3n) is 6.95. The summed E-state index contributed by atoms with van der Waals surface area (Å²) < 4.78 is 21.1. The number of aromatic nitrogens is 3. The van der Waals surface area contributed by atoms with E-state index in [1.54, 1.807) is 12.1 Å². The van der Waals surface area contributed by atoms with Crippen LogP contribution in [0.4, 0.5) is 4.39 Å². The lowest BCUT2D eigenvalue weighted by atomic mass is 10.0. The van der Waals surface area contributed by atoms with Crippen molar-refractivity contribution in [2.45, 2.75) is 70.4 Å². The highest BCUT2D eigenvalue weighted by molar-refractivity contribution is 5.79. The van der Waals surface area contributed by atoms with Crippen LogP contribution in [0.15, 0.2) is 24.3 Å². The van der Waals surface area contributed by atoms with Gasteiger partial charge in [0.25, 0.3) is 0 Å². The molecule has 8 heteroatoms. The number of nitrogens with zero attached hydrogens (tertiary/aromatic N) is 4. The van der Waals surface area contributed by atoms with Crippen LogP contribution in [0.25, 0.3) is 0 Å². The number of carbonyl (C=O) groups is 1. The number of nitrogens with one attached hydrogen (secondary N) is 1. The Labute approximate surface area is 181 Å². The average molecular weight is 428 g/mol. The van der Waals surface area contributed by atoms with Crippen LogP contribution in [0.5, 0.6) is 0 Å². The Balaban J connectivity index is 1.13. The summed E-state index contributed by atoms with van der Waals surface area (Å²) in [5.74, 6) is 0.251. The fourth-order valence-corrected chi connectivity index (χ4v) is 5.02. The predicted octanol–water partition coefficient (Wildman–Crippen LogP) is 2.96. The third-order valence-corrected chi connectivity index (χ3v) is 6.95. The number of fused-ring (bicyclic) bond motifs is 1. The number of benzene rings is 1. The SMILES string of the molecule is O=C(NC1CCN(Cc2nnn3c2COC(c2ccc(F)cc2)C3)CC1)C1CCCC1. The summed E-state index contributed by atoms with van der Waals surface area (Å²) >= 11 is 0. The highest BCUT2D eigenvalue weighted by Gasteiger charge is 2.29. The standard InChI is InChI=1S/C23H30FN5O2/c24-18-7-5-16(6-8-18)22-14-29-21(15-31-22)20(26-27-29)13-28-11-9-19(10-12-28)25-23(30)17-3-1-2-4-17/h5-8,17,19,22H,1-4,9-15H2,(H,25,30). The summed E-state index contributed by atoms with van der Waals surface area (Å²) in [6, 6.07) is 6.73. The van der Waals surface area contributed by atoms with Gasteiger partial charge >= 0.3 is 0 Å². The normalized spacial score (nSPS) is 23.1. The minimum absolute atomic E-state index is 0.137. The number of amides is 1. The number of halogens is 1. The molecule has 2 aromatic rings. The molecule has 7 nitrogen and oxygen atoms in total. The quantitative estimate of drug-likeness (QED) is 0.794. The van der Waals surface area contributed by atoms with E-state index in [1.165, 1.54) is 25.0 Å². The van der Waals surface area contributed by atoms with Crippen LogP contribution in [-0.4, -0.2) is 44.9 Å². The summed E-state index contributed by atoms with van der Waals surface area (Å²) in [5.41, 5.74) is 2.94. The van der Waals surface area contributed by atoms with Crippen LogP contribution >= 0.6 is 0 Å². The molecular formula is C23H30FN5O2. The summed E-state index contributed by atoms with van der Waals surface area (Å²) in [7, 11) is 0. The average Bonchev–Trinajstić information content (AvgIpc) is 3.46. The molecule has 1 aromatic heterocycles. The van der Waals surface area contributed by atoms with Crippen molar-refractivity contribution in [3.05, 3.63) is 47.0 Å². The second kappa shape index (κ2) is 9.04. The fourth-order valence-electron chi connectivity index (χ4n) is 5.02. The zero-order chi connectivity index (χ0) is 21.2. The molecule has 1 atom stereocenters. The van der Waals surface area contributed by atoms with Gasteiger partial charge in [0, 0.05) is 31.6 Å². The molecule has 2 aliphatic heterocycles. The molecule has 31 heavy (non-hydrogen) atoms. The van der Waals surface area contributed by atoms with Crippen LogP contribution in [0, 0.1) is 11.7 Å². The third kappa shape index (κ3) is 4.65. The number of carbonyl (C=O) groups excluding carboxylic acids is 1. The first-order valence-corrected chi connectivity index (χ1v) is 11.5. The van der Waals surface area contributed by atoms with Gasteiger partial charge in [0.1, 0.15) is 17.6 Å². The maximum Gasteiger partial charge on any atom is 0.223 e. The van der Waals surface area contributed by atoms with Crippen molar-refractivity contribution in [3.63, 3.8) is 0 Å². The Kier molecular flexibility index (Phi) is 6.00. The summed E-state index contributed by atoms with van der Waals surface area (Å²) in [6.45, 7) is 3.69. The summed E-state index contributed by atoms with van der Waals surface area (Å²) in [5, 5.41) is 12.0. The van der Waals surface area contributed by atoms with E-state index < -0.39 is 0 Å². The zero-order valence-corrected chi connectivity index (χ0v) is 17.8. The minimum Gasteiger partial charge on any atom is -0.365 e. The lowest BCUT2D eigenvalue weighted by Crippen LogP contribution is -2.45. The molecule has 0 spiro atoms. The van der Waals surface area contributed by atoms with Crippen LogP contribution in [0.2, 0.25) is 0 Å². The Bertz CT molecular complexity index is 901. The first-order valence-electron chi connectivity index (χ1n) is 11.5. The fraction of sp³-hybridized carbons (Fsp3) is 0.609. The van der Waals surface area contributed by atoms with Gasteiger partial charge in [-0.05, 0) is 43.4 Å². The molecule has 1 N–H and O–H groups in total. The maximum atomic E-state index is 13.2. The molecule has 3 aliphatic rings. The van der Waals surface area contributed by atoms with E-state index in [2.05, 4.69) is 20.5 Å². The van der Waals surface area contributed by atoms with E-state index >= 15 is 0 Å². The lowest BCUT2D eigenvalue weighted by molar-refractivity contribution is -0.125. The molecule has 166 valence electrons. The van der Waals surface area contributed by atoms with Crippen LogP contribution < -0.4 is 5.32 Å². The van der Waals surface area contributed by atoms with Gasteiger partial charge in [-0.2, -0.15) is 0 Å². The van der Waals surface area contributed by atoms with Gasteiger partial charge in [0.2, 0.25) is 5.91 Å². The molecule has 5 rings (SSSR count). The number of hydrogen-bond donors (Lipinski definition) is 1. The molecule has 1 aromatic carbocycles. The first-order chi connectivity index (χ1) is 15.2. The smallest absolute Gasteiger partial charge is 0.223 e. The molecule has 0 radical (unpaired) electrons.